The largest absolute Gasteiger partial charge is 0.312 e. The Morgan fingerprint density at radius 1 is 1.33 bits per heavy atom. The van der Waals surface area contributed by atoms with Crippen LogP contribution in [0.4, 0.5) is 0 Å². The van der Waals surface area contributed by atoms with Crippen LogP contribution in [0.25, 0.3) is 0 Å². The van der Waals surface area contributed by atoms with Gasteiger partial charge in [-0.05, 0) is 46.5 Å². The summed E-state index contributed by atoms with van der Waals surface area (Å²) < 4.78 is 2.05. The van der Waals surface area contributed by atoms with Crippen LogP contribution in [0.15, 0.2) is 6.07 Å². The van der Waals surface area contributed by atoms with Crippen LogP contribution in [0, 0.1) is 6.92 Å². The van der Waals surface area contributed by atoms with Crippen molar-refractivity contribution in [1.29, 1.82) is 0 Å². The van der Waals surface area contributed by atoms with Gasteiger partial charge in [0, 0.05) is 30.7 Å². The average Bonchev–Trinajstić information content (AvgIpc) is 2.77. The third kappa shape index (κ3) is 3.49. The van der Waals surface area contributed by atoms with E-state index in [1.807, 2.05) is 4.68 Å². The van der Waals surface area contributed by atoms with Crippen molar-refractivity contribution in [2.45, 2.75) is 64.0 Å². The zero-order chi connectivity index (χ0) is 15.5. The summed E-state index contributed by atoms with van der Waals surface area (Å²) in [4.78, 5) is 2.47. The molecule has 1 unspecified atom stereocenters. The Hall–Kier alpha value is -0.870. The van der Waals surface area contributed by atoms with Gasteiger partial charge in [-0.1, -0.05) is 26.2 Å². The first kappa shape index (κ1) is 16.5. The fourth-order valence-corrected chi connectivity index (χ4v) is 4.03. The number of likely N-dealkylation sites (N-methyl/N-ethyl adjacent to an activating group) is 2. The molecule has 0 amide bonds. The van der Waals surface area contributed by atoms with Crippen molar-refractivity contribution in [1.82, 2.24) is 20.0 Å². The monoisotopic (exact) mass is 292 g/mol. The Labute approximate surface area is 129 Å². The second-order valence-corrected chi connectivity index (χ2v) is 6.77. The molecular weight excluding hydrogens is 260 g/mol. The van der Waals surface area contributed by atoms with Crippen molar-refractivity contribution >= 4 is 0 Å². The standard InChI is InChI=1S/C17H32N4/c1-6-18-16(13-15-12-14(2)19-21(15)5)17(20(3)4)10-8-7-9-11-17/h12,16,18H,6-11,13H2,1-5H3. The van der Waals surface area contributed by atoms with E-state index in [4.69, 9.17) is 0 Å². The fourth-order valence-electron chi connectivity index (χ4n) is 4.03. The lowest BCUT2D eigenvalue weighted by molar-refractivity contribution is 0.0568. The maximum absolute atomic E-state index is 4.51. The molecule has 0 aliphatic heterocycles. The lowest BCUT2D eigenvalue weighted by atomic mass is 9.74. The van der Waals surface area contributed by atoms with Crippen molar-refractivity contribution in [2.24, 2.45) is 7.05 Å². The van der Waals surface area contributed by atoms with Gasteiger partial charge in [-0.15, -0.1) is 0 Å². The number of rotatable bonds is 6. The Balaban J connectivity index is 2.25. The first-order valence-electron chi connectivity index (χ1n) is 8.40. The smallest absolute Gasteiger partial charge is 0.0596 e. The molecule has 1 aromatic rings. The number of hydrogen-bond acceptors (Lipinski definition) is 3. The van der Waals surface area contributed by atoms with E-state index in [0.29, 0.717) is 6.04 Å². The second-order valence-electron chi connectivity index (χ2n) is 6.77. The summed E-state index contributed by atoms with van der Waals surface area (Å²) in [6, 6.07) is 2.73. The van der Waals surface area contributed by atoms with E-state index in [-0.39, 0.29) is 5.54 Å². The molecule has 1 fully saturated rings. The van der Waals surface area contributed by atoms with E-state index in [0.717, 1.165) is 18.7 Å². The summed E-state index contributed by atoms with van der Waals surface area (Å²) in [5.74, 6) is 0. The third-order valence-corrected chi connectivity index (χ3v) is 5.22. The normalized spacial score (nSPS) is 19.9. The quantitative estimate of drug-likeness (QED) is 0.874. The molecule has 4 nitrogen and oxygen atoms in total. The molecule has 2 rings (SSSR count). The molecule has 1 aliphatic carbocycles. The molecule has 1 heterocycles. The maximum atomic E-state index is 4.51. The van der Waals surface area contributed by atoms with Gasteiger partial charge < -0.3 is 10.2 Å². The minimum absolute atomic E-state index is 0.284. The minimum atomic E-state index is 0.284. The molecule has 1 N–H and O–H groups in total. The van der Waals surface area contributed by atoms with Gasteiger partial charge in [0.15, 0.2) is 0 Å². The Morgan fingerprint density at radius 2 is 2.00 bits per heavy atom. The van der Waals surface area contributed by atoms with Gasteiger partial charge in [0.05, 0.1) is 5.69 Å². The van der Waals surface area contributed by atoms with Gasteiger partial charge in [-0.3, -0.25) is 4.68 Å². The summed E-state index contributed by atoms with van der Waals surface area (Å²) in [5, 5.41) is 8.29. The van der Waals surface area contributed by atoms with Crippen molar-refractivity contribution in [2.75, 3.05) is 20.6 Å². The molecule has 1 saturated carbocycles. The molecule has 0 spiro atoms. The van der Waals surface area contributed by atoms with Crippen LogP contribution in [0.2, 0.25) is 0 Å². The lowest BCUT2D eigenvalue weighted by Gasteiger charge is -2.49. The third-order valence-electron chi connectivity index (χ3n) is 5.22. The molecule has 1 aromatic heterocycles. The Bertz CT molecular complexity index is 444. The topological polar surface area (TPSA) is 33.1 Å². The lowest BCUT2D eigenvalue weighted by Crippen LogP contribution is -2.61. The summed E-state index contributed by atoms with van der Waals surface area (Å²) in [6.45, 7) is 5.32. The highest BCUT2D eigenvalue weighted by Crippen LogP contribution is 2.36. The number of hydrogen-bond donors (Lipinski definition) is 1. The molecule has 0 radical (unpaired) electrons. The zero-order valence-electron chi connectivity index (χ0n) is 14.4. The van der Waals surface area contributed by atoms with Crippen molar-refractivity contribution in [3.05, 3.63) is 17.5 Å². The average molecular weight is 292 g/mol. The first-order chi connectivity index (χ1) is 9.99. The van der Waals surface area contributed by atoms with Crippen LogP contribution < -0.4 is 5.32 Å². The van der Waals surface area contributed by atoms with Crippen LogP contribution in [-0.2, 0) is 13.5 Å². The number of aromatic nitrogens is 2. The fraction of sp³-hybridized carbons (Fsp3) is 0.824. The number of aryl methyl sites for hydroxylation is 2. The number of nitrogens with one attached hydrogen (secondary N) is 1. The Kier molecular flexibility index (Phi) is 5.44. The molecule has 0 bridgehead atoms. The van der Waals surface area contributed by atoms with Gasteiger partial charge >= 0.3 is 0 Å². The molecule has 4 heteroatoms. The van der Waals surface area contributed by atoms with E-state index >= 15 is 0 Å². The predicted octanol–water partition coefficient (Wildman–Crippen LogP) is 2.51. The van der Waals surface area contributed by atoms with Gasteiger partial charge in [0.25, 0.3) is 0 Å². The van der Waals surface area contributed by atoms with Gasteiger partial charge in [0.1, 0.15) is 0 Å². The van der Waals surface area contributed by atoms with Gasteiger partial charge in [-0.25, -0.2) is 0 Å². The molecule has 1 aliphatic rings. The second kappa shape index (κ2) is 6.93. The van der Waals surface area contributed by atoms with Crippen molar-refractivity contribution in [3.8, 4) is 0 Å². The van der Waals surface area contributed by atoms with Crippen LogP contribution in [0.1, 0.15) is 50.4 Å². The summed E-state index contributed by atoms with van der Waals surface area (Å²) in [7, 11) is 6.57. The molecule has 120 valence electrons. The van der Waals surface area contributed by atoms with Crippen LogP contribution in [-0.4, -0.2) is 46.9 Å². The molecule has 1 atom stereocenters. The Morgan fingerprint density at radius 3 is 2.48 bits per heavy atom. The van der Waals surface area contributed by atoms with Gasteiger partial charge in [-0.2, -0.15) is 5.10 Å². The summed E-state index contributed by atoms with van der Waals surface area (Å²) >= 11 is 0. The molecule has 21 heavy (non-hydrogen) atoms. The van der Waals surface area contributed by atoms with Crippen molar-refractivity contribution < 1.29 is 0 Å². The first-order valence-corrected chi connectivity index (χ1v) is 8.40. The summed E-state index contributed by atoms with van der Waals surface area (Å²) in [6.07, 6.45) is 7.75. The molecule has 0 saturated heterocycles. The number of nitrogens with zero attached hydrogens (tertiary/aromatic N) is 3. The van der Waals surface area contributed by atoms with E-state index in [1.54, 1.807) is 0 Å². The highest BCUT2D eigenvalue weighted by Gasteiger charge is 2.41. The minimum Gasteiger partial charge on any atom is -0.312 e. The van der Waals surface area contributed by atoms with Crippen molar-refractivity contribution in [3.63, 3.8) is 0 Å². The van der Waals surface area contributed by atoms with Gasteiger partial charge in [0.2, 0.25) is 0 Å². The van der Waals surface area contributed by atoms with Crippen LogP contribution in [0.3, 0.4) is 0 Å². The SMILES string of the molecule is CCNC(Cc1cc(C)nn1C)C1(N(C)C)CCCCC1. The van der Waals surface area contributed by atoms with E-state index < -0.39 is 0 Å². The van der Waals surface area contributed by atoms with Crippen LogP contribution >= 0.6 is 0 Å². The predicted molar refractivity (Wildman–Crippen MR) is 88.6 cm³/mol. The zero-order valence-corrected chi connectivity index (χ0v) is 14.4. The molecular formula is C17H32N4. The maximum Gasteiger partial charge on any atom is 0.0596 e. The molecule has 0 aromatic carbocycles. The highest BCUT2D eigenvalue weighted by molar-refractivity contribution is 5.13. The van der Waals surface area contributed by atoms with E-state index in [1.165, 1.54) is 37.8 Å². The van der Waals surface area contributed by atoms with E-state index in [2.05, 4.69) is 56.4 Å². The van der Waals surface area contributed by atoms with E-state index in [9.17, 15) is 0 Å². The summed E-state index contributed by atoms with van der Waals surface area (Å²) in [5.41, 5.74) is 2.74. The highest BCUT2D eigenvalue weighted by atomic mass is 15.3. The van der Waals surface area contributed by atoms with Crippen LogP contribution in [0.5, 0.6) is 0 Å².